The average Bonchev–Trinajstić information content (AvgIpc) is 3.39. The molecule has 5 rings (SSSR count). The summed E-state index contributed by atoms with van der Waals surface area (Å²) in [6.07, 6.45) is 4.05. The number of rotatable bonds is 3. The number of anilines is 3. The van der Waals surface area contributed by atoms with Gasteiger partial charge in [-0.05, 0) is 19.8 Å². The number of nitrogens with zero attached hydrogens (tertiary/aromatic N) is 7. The molecule has 0 spiro atoms. The maximum atomic E-state index is 11.5. The van der Waals surface area contributed by atoms with Crippen molar-refractivity contribution < 1.29 is 14.6 Å². The van der Waals surface area contributed by atoms with Crippen LogP contribution in [0.4, 0.5) is 22.5 Å². The first-order chi connectivity index (χ1) is 14.9. The van der Waals surface area contributed by atoms with Crippen LogP contribution in [0.5, 0.6) is 0 Å². The second-order valence-electron chi connectivity index (χ2n) is 8.46. The van der Waals surface area contributed by atoms with Gasteiger partial charge in [0, 0.05) is 56.2 Å². The largest absolute Gasteiger partial charge is 0.465 e. The molecule has 2 aromatic heterocycles. The number of hydrogen-bond acceptors (Lipinski definition) is 9. The fourth-order valence-corrected chi connectivity index (χ4v) is 4.70. The number of amides is 1. The first kappa shape index (κ1) is 22.3. The van der Waals surface area contributed by atoms with Gasteiger partial charge in [0.1, 0.15) is 5.82 Å². The van der Waals surface area contributed by atoms with E-state index in [4.69, 9.17) is 20.4 Å². The van der Waals surface area contributed by atoms with Gasteiger partial charge < -0.3 is 30.3 Å². The Morgan fingerprint density at radius 2 is 1.88 bits per heavy atom. The molecule has 32 heavy (non-hydrogen) atoms. The number of carbonyl (C=O) groups is 1. The van der Waals surface area contributed by atoms with Crippen molar-refractivity contribution in [3.8, 4) is 11.3 Å². The van der Waals surface area contributed by atoms with Crippen LogP contribution in [0.25, 0.3) is 11.3 Å². The Labute approximate surface area is 192 Å². The average molecular weight is 463 g/mol. The summed E-state index contributed by atoms with van der Waals surface area (Å²) in [7, 11) is 0. The zero-order chi connectivity index (χ0) is 21.6. The number of aromatic nitrogens is 4. The van der Waals surface area contributed by atoms with Crippen LogP contribution in [-0.2, 0) is 11.2 Å². The van der Waals surface area contributed by atoms with Gasteiger partial charge in [-0.15, -0.1) is 12.4 Å². The lowest BCUT2D eigenvalue weighted by molar-refractivity contribution is 0.122. The molecule has 0 radical (unpaired) electrons. The third kappa shape index (κ3) is 3.86. The summed E-state index contributed by atoms with van der Waals surface area (Å²) in [5.74, 6) is 1.74. The van der Waals surface area contributed by atoms with E-state index in [2.05, 4.69) is 26.7 Å². The van der Waals surface area contributed by atoms with Crippen LogP contribution in [0.1, 0.15) is 18.9 Å². The van der Waals surface area contributed by atoms with E-state index in [1.54, 1.807) is 12.4 Å². The minimum absolute atomic E-state index is 0. The summed E-state index contributed by atoms with van der Waals surface area (Å²) in [6, 6.07) is 0. The molecule has 3 aliphatic rings. The van der Waals surface area contributed by atoms with Gasteiger partial charge in [-0.2, -0.15) is 4.98 Å². The number of likely N-dealkylation sites (tertiary alicyclic amines) is 1. The van der Waals surface area contributed by atoms with Gasteiger partial charge in [0.05, 0.1) is 24.4 Å². The van der Waals surface area contributed by atoms with Crippen molar-refractivity contribution >= 4 is 36.2 Å². The summed E-state index contributed by atoms with van der Waals surface area (Å²) < 4.78 is 5.49. The minimum atomic E-state index is -0.875. The molecule has 12 heteroatoms. The third-order valence-electron chi connectivity index (χ3n) is 6.43. The Kier molecular flexibility index (Phi) is 5.95. The molecule has 2 fully saturated rings. The summed E-state index contributed by atoms with van der Waals surface area (Å²) >= 11 is 0. The van der Waals surface area contributed by atoms with Gasteiger partial charge >= 0.3 is 6.09 Å². The fourth-order valence-electron chi connectivity index (χ4n) is 4.70. The maximum Gasteiger partial charge on any atom is 0.407 e. The van der Waals surface area contributed by atoms with Crippen LogP contribution in [0.3, 0.4) is 0 Å². The summed E-state index contributed by atoms with van der Waals surface area (Å²) in [5, 5.41) is 9.45. The second-order valence-corrected chi connectivity index (χ2v) is 8.46. The Morgan fingerprint density at radius 3 is 2.53 bits per heavy atom. The van der Waals surface area contributed by atoms with Crippen LogP contribution < -0.4 is 15.5 Å². The van der Waals surface area contributed by atoms with Crippen molar-refractivity contribution in [1.82, 2.24) is 24.8 Å². The summed E-state index contributed by atoms with van der Waals surface area (Å²) in [4.78, 5) is 35.6. The van der Waals surface area contributed by atoms with E-state index in [0.717, 1.165) is 55.1 Å². The SMILES string of the molecule is CC1(N2CCc3c(-c4cnc(N)nc4)nc(N4CCOCC4)nc32)CCN(C(=O)O)C1.Cl. The molecule has 1 unspecified atom stereocenters. The standard InChI is InChI=1S/C20H26N8O3.ClH/c1-20(3-5-27(12-20)19(29)30)28-4-2-14-15(13-10-22-17(21)23-11-13)24-18(25-16(14)28)26-6-8-31-9-7-26;/h10-11H,2-9,12H2,1H3,(H,29,30)(H2,21,22,23);1H. The lowest BCUT2D eigenvalue weighted by Gasteiger charge is -2.37. The molecule has 172 valence electrons. The third-order valence-corrected chi connectivity index (χ3v) is 6.43. The van der Waals surface area contributed by atoms with Crippen LogP contribution >= 0.6 is 12.4 Å². The molecule has 3 aliphatic heterocycles. The highest BCUT2D eigenvalue weighted by molar-refractivity contribution is 5.85. The lowest BCUT2D eigenvalue weighted by Crippen LogP contribution is -2.48. The number of morpholine rings is 1. The van der Waals surface area contributed by atoms with E-state index in [1.807, 2.05) is 0 Å². The van der Waals surface area contributed by atoms with Crippen molar-refractivity contribution in [2.24, 2.45) is 0 Å². The van der Waals surface area contributed by atoms with Crippen molar-refractivity contribution in [1.29, 1.82) is 0 Å². The van der Waals surface area contributed by atoms with Crippen molar-refractivity contribution in [2.75, 3.05) is 61.5 Å². The monoisotopic (exact) mass is 462 g/mol. The number of nitrogen functional groups attached to an aromatic ring is 1. The molecule has 1 atom stereocenters. The Bertz CT molecular complexity index is 1000. The van der Waals surface area contributed by atoms with Crippen LogP contribution in [-0.4, -0.2) is 87.5 Å². The normalized spacial score (nSPS) is 22.6. The van der Waals surface area contributed by atoms with E-state index in [9.17, 15) is 9.90 Å². The molecule has 11 nitrogen and oxygen atoms in total. The first-order valence-electron chi connectivity index (χ1n) is 10.5. The number of ether oxygens (including phenoxy) is 1. The van der Waals surface area contributed by atoms with Gasteiger partial charge in [-0.3, -0.25) is 0 Å². The molecule has 5 heterocycles. The highest BCUT2D eigenvalue weighted by Gasteiger charge is 2.44. The van der Waals surface area contributed by atoms with E-state index in [1.165, 1.54) is 4.90 Å². The number of halogens is 1. The first-order valence-corrected chi connectivity index (χ1v) is 10.5. The highest BCUT2D eigenvalue weighted by atomic mass is 35.5. The molecular weight excluding hydrogens is 436 g/mol. The van der Waals surface area contributed by atoms with E-state index in [0.29, 0.717) is 32.3 Å². The molecule has 2 saturated heterocycles. The molecule has 3 N–H and O–H groups in total. The van der Waals surface area contributed by atoms with Gasteiger partial charge in [0.25, 0.3) is 0 Å². The molecule has 0 saturated carbocycles. The summed E-state index contributed by atoms with van der Waals surface area (Å²) in [6.45, 7) is 6.58. The van der Waals surface area contributed by atoms with Gasteiger partial charge in [-0.25, -0.2) is 19.7 Å². The zero-order valence-electron chi connectivity index (χ0n) is 17.9. The predicted octanol–water partition coefficient (Wildman–Crippen LogP) is 1.28. The van der Waals surface area contributed by atoms with Crippen LogP contribution in [0.2, 0.25) is 0 Å². The van der Waals surface area contributed by atoms with Gasteiger partial charge in [-0.1, -0.05) is 0 Å². The smallest absolute Gasteiger partial charge is 0.407 e. The highest BCUT2D eigenvalue weighted by Crippen LogP contribution is 2.41. The fraction of sp³-hybridized carbons (Fsp3) is 0.550. The maximum absolute atomic E-state index is 11.5. The number of nitrogens with two attached hydrogens (primary N) is 1. The quantitative estimate of drug-likeness (QED) is 0.686. The van der Waals surface area contributed by atoms with Gasteiger partial charge in [0.15, 0.2) is 0 Å². The molecule has 1 amide bonds. The molecular formula is C20H27ClN8O3. The topological polar surface area (TPSA) is 134 Å². The van der Waals surface area contributed by atoms with E-state index < -0.39 is 6.09 Å². The predicted molar refractivity (Wildman–Crippen MR) is 121 cm³/mol. The summed E-state index contributed by atoms with van der Waals surface area (Å²) in [5.41, 5.74) is 8.03. The van der Waals surface area contributed by atoms with E-state index in [-0.39, 0.29) is 23.9 Å². The zero-order valence-corrected chi connectivity index (χ0v) is 18.7. The number of hydrogen-bond donors (Lipinski definition) is 2. The molecule has 0 bridgehead atoms. The van der Waals surface area contributed by atoms with Crippen molar-refractivity contribution in [2.45, 2.75) is 25.3 Å². The van der Waals surface area contributed by atoms with Crippen molar-refractivity contribution in [3.05, 3.63) is 18.0 Å². The molecule has 0 aromatic carbocycles. The Morgan fingerprint density at radius 1 is 1.16 bits per heavy atom. The molecule has 0 aliphatic carbocycles. The lowest BCUT2D eigenvalue weighted by atomic mass is 9.99. The minimum Gasteiger partial charge on any atom is -0.465 e. The van der Waals surface area contributed by atoms with Crippen molar-refractivity contribution in [3.63, 3.8) is 0 Å². The number of fused-ring (bicyclic) bond motifs is 1. The Hall–Kier alpha value is -2.92. The Balaban J connectivity index is 0.00000245. The van der Waals surface area contributed by atoms with E-state index >= 15 is 0 Å². The van der Waals surface area contributed by atoms with Gasteiger partial charge in [0.2, 0.25) is 11.9 Å². The number of carboxylic acid groups (broad SMARTS) is 1. The molecule has 2 aromatic rings. The van der Waals surface area contributed by atoms with Crippen LogP contribution in [0.15, 0.2) is 12.4 Å². The van der Waals surface area contributed by atoms with Crippen LogP contribution in [0, 0.1) is 0 Å². The second kappa shape index (κ2) is 8.55.